The smallest absolute Gasteiger partial charge is 0.259 e. The lowest BCUT2D eigenvalue weighted by molar-refractivity contribution is -0.0819. The molecule has 4 rings (SSSR count). The predicted molar refractivity (Wildman–Crippen MR) is 97.0 cm³/mol. The summed E-state index contributed by atoms with van der Waals surface area (Å²) < 4.78 is 16.3. The van der Waals surface area contributed by atoms with Crippen LogP contribution >= 0.6 is 11.6 Å². The van der Waals surface area contributed by atoms with E-state index in [2.05, 4.69) is 20.4 Å². The van der Waals surface area contributed by atoms with Crippen LogP contribution in [-0.4, -0.2) is 47.6 Å². The molecule has 0 saturated carbocycles. The highest BCUT2D eigenvalue weighted by molar-refractivity contribution is 6.30. The summed E-state index contributed by atoms with van der Waals surface area (Å²) in [4.78, 5) is 8.79. The van der Waals surface area contributed by atoms with Crippen LogP contribution in [0.15, 0.2) is 47.1 Å². The number of benzene rings is 1. The molecule has 1 N–H and O–H groups in total. The highest BCUT2D eigenvalue weighted by Gasteiger charge is 2.15. The van der Waals surface area contributed by atoms with Crippen molar-refractivity contribution in [1.29, 1.82) is 0 Å². The van der Waals surface area contributed by atoms with Crippen molar-refractivity contribution in [3.63, 3.8) is 0 Å². The van der Waals surface area contributed by atoms with E-state index in [0.717, 1.165) is 16.9 Å². The SMILES string of the molecule is Clc1cccc(-c2noc(-c3ccc(NC[C@H]4COCCO4)nc3)n2)c1. The average Bonchev–Trinajstić information content (AvgIpc) is 3.18. The van der Waals surface area contributed by atoms with E-state index >= 15 is 0 Å². The van der Waals surface area contributed by atoms with E-state index < -0.39 is 0 Å². The van der Waals surface area contributed by atoms with E-state index in [1.165, 1.54) is 0 Å². The maximum atomic E-state index is 6.00. The highest BCUT2D eigenvalue weighted by Crippen LogP contribution is 2.24. The monoisotopic (exact) mass is 372 g/mol. The maximum absolute atomic E-state index is 6.00. The van der Waals surface area contributed by atoms with Crippen molar-refractivity contribution in [2.45, 2.75) is 6.10 Å². The number of nitrogens with one attached hydrogen (secondary N) is 1. The normalized spacial score (nSPS) is 17.2. The Morgan fingerprint density at radius 3 is 2.88 bits per heavy atom. The van der Waals surface area contributed by atoms with E-state index in [4.69, 9.17) is 25.6 Å². The van der Waals surface area contributed by atoms with Gasteiger partial charge in [0.1, 0.15) is 5.82 Å². The summed E-state index contributed by atoms with van der Waals surface area (Å²) in [6.45, 7) is 2.53. The molecule has 8 heteroatoms. The second kappa shape index (κ2) is 7.82. The maximum Gasteiger partial charge on any atom is 0.259 e. The van der Waals surface area contributed by atoms with Gasteiger partial charge in [0.2, 0.25) is 5.82 Å². The fraction of sp³-hybridized carbons (Fsp3) is 0.278. The van der Waals surface area contributed by atoms with Gasteiger partial charge < -0.3 is 19.3 Å². The molecule has 0 unspecified atom stereocenters. The average molecular weight is 373 g/mol. The third-order valence-electron chi connectivity index (χ3n) is 3.92. The predicted octanol–water partition coefficient (Wildman–Crippen LogP) is 3.28. The molecule has 3 heterocycles. The molecule has 1 fully saturated rings. The number of hydrogen-bond acceptors (Lipinski definition) is 7. The lowest BCUT2D eigenvalue weighted by Gasteiger charge is -2.23. The van der Waals surface area contributed by atoms with Crippen molar-refractivity contribution < 1.29 is 14.0 Å². The number of halogens is 1. The standard InChI is InChI=1S/C18H17ClN4O3/c19-14-3-1-2-12(8-14)17-22-18(26-23-17)13-4-5-16(20-9-13)21-10-15-11-24-6-7-25-15/h1-5,8-9,15H,6-7,10-11H2,(H,20,21)/t15-/m0/s1. The second-order valence-electron chi connectivity index (χ2n) is 5.81. The molecule has 0 bridgehead atoms. The Morgan fingerprint density at radius 1 is 1.15 bits per heavy atom. The molecule has 1 atom stereocenters. The molecule has 7 nitrogen and oxygen atoms in total. The largest absolute Gasteiger partial charge is 0.376 e. The molecule has 2 aromatic heterocycles. The summed E-state index contributed by atoms with van der Waals surface area (Å²) in [7, 11) is 0. The minimum absolute atomic E-state index is 0.0430. The van der Waals surface area contributed by atoms with E-state index in [1.807, 2.05) is 24.3 Å². The van der Waals surface area contributed by atoms with E-state index in [1.54, 1.807) is 18.3 Å². The van der Waals surface area contributed by atoms with Gasteiger partial charge in [-0.05, 0) is 24.3 Å². The molecule has 1 aliphatic heterocycles. The third kappa shape index (κ3) is 4.01. The van der Waals surface area contributed by atoms with E-state index in [9.17, 15) is 0 Å². The van der Waals surface area contributed by atoms with Gasteiger partial charge in [-0.25, -0.2) is 4.98 Å². The Hall–Kier alpha value is -2.48. The third-order valence-corrected chi connectivity index (χ3v) is 4.15. The quantitative estimate of drug-likeness (QED) is 0.735. The van der Waals surface area contributed by atoms with Crippen LogP contribution in [0.4, 0.5) is 5.82 Å². The number of anilines is 1. The van der Waals surface area contributed by atoms with Crippen LogP contribution in [0.25, 0.3) is 22.8 Å². The summed E-state index contributed by atoms with van der Waals surface area (Å²) >= 11 is 6.00. The van der Waals surface area contributed by atoms with Gasteiger partial charge >= 0.3 is 0 Å². The lowest BCUT2D eigenvalue weighted by atomic mass is 10.2. The first kappa shape index (κ1) is 17.0. The van der Waals surface area contributed by atoms with Crippen LogP contribution in [0.5, 0.6) is 0 Å². The fourth-order valence-electron chi connectivity index (χ4n) is 2.58. The Balaban J connectivity index is 1.42. The number of hydrogen-bond donors (Lipinski definition) is 1. The van der Waals surface area contributed by atoms with Crippen LogP contribution in [0.1, 0.15) is 0 Å². The molecule has 1 saturated heterocycles. The Labute approximate surface area is 155 Å². The topological polar surface area (TPSA) is 82.3 Å². The first-order valence-corrected chi connectivity index (χ1v) is 8.65. The van der Waals surface area contributed by atoms with Crippen molar-refractivity contribution in [3.05, 3.63) is 47.6 Å². The minimum atomic E-state index is 0.0430. The highest BCUT2D eigenvalue weighted by atomic mass is 35.5. The van der Waals surface area contributed by atoms with Crippen molar-refractivity contribution in [2.75, 3.05) is 31.7 Å². The molecule has 0 amide bonds. The van der Waals surface area contributed by atoms with Gasteiger partial charge in [0.05, 0.1) is 31.5 Å². The fourth-order valence-corrected chi connectivity index (χ4v) is 2.77. The summed E-state index contributed by atoms with van der Waals surface area (Å²) in [5.41, 5.74) is 1.54. The Bertz CT molecular complexity index is 863. The van der Waals surface area contributed by atoms with Gasteiger partial charge in [-0.15, -0.1) is 0 Å². The van der Waals surface area contributed by atoms with Crippen molar-refractivity contribution in [1.82, 2.24) is 15.1 Å². The van der Waals surface area contributed by atoms with Crippen molar-refractivity contribution in [3.8, 4) is 22.8 Å². The Kier molecular flexibility index (Phi) is 5.10. The summed E-state index contributed by atoms with van der Waals surface area (Å²) in [5, 5.41) is 7.86. The zero-order valence-electron chi connectivity index (χ0n) is 13.9. The molecule has 26 heavy (non-hydrogen) atoms. The Morgan fingerprint density at radius 2 is 2.12 bits per heavy atom. The first-order valence-electron chi connectivity index (χ1n) is 8.27. The van der Waals surface area contributed by atoms with Crippen molar-refractivity contribution >= 4 is 17.4 Å². The van der Waals surface area contributed by atoms with Gasteiger partial charge in [-0.3, -0.25) is 0 Å². The lowest BCUT2D eigenvalue weighted by Crippen LogP contribution is -2.34. The van der Waals surface area contributed by atoms with Gasteiger partial charge in [-0.1, -0.05) is 28.9 Å². The van der Waals surface area contributed by atoms with Crippen LogP contribution in [0, 0.1) is 0 Å². The minimum Gasteiger partial charge on any atom is -0.376 e. The molecule has 0 radical (unpaired) electrons. The number of aromatic nitrogens is 3. The molecule has 1 aromatic carbocycles. The zero-order valence-corrected chi connectivity index (χ0v) is 14.6. The number of ether oxygens (including phenoxy) is 2. The number of nitrogens with zero attached hydrogens (tertiary/aromatic N) is 3. The van der Waals surface area contributed by atoms with Crippen LogP contribution in [0.3, 0.4) is 0 Å². The van der Waals surface area contributed by atoms with E-state index in [0.29, 0.717) is 43.1 Å². The summed E-state index contributed by atoms with van der Waals surface area (Å²) in [6, 6.07) is 11.1. The van der Waals surface area contributed by atoms with Gasteiger partial charge in [0, 0.05) is 23.3 Å². The molecule has 3 aromatic rings. The summed E-state index contributed by atoms with van der Waals surface area (Å²) in [5.74, 6) is 1.64. The second-order valence-corrected chi connectivity index (χ2v) is 6.25. The summed E-state index contributed by atoms with van der Waals surface area (Å²) in [6.07, 6.45) is 1.73. The molecule has 0 spiro atoms. The van der Waals surface area contributed by atoms with Crippen LogP contribution in [0.2, 0.25) is 5.02 Å². The molecule has 1 aliphatic rings. The molecular weight excluding hydrogens is 356 g/mol. The van der Waals surface area contributed by atoms with Crippen LogP contribution < -0.4 is 5.32 Å². The zero-order chi connectivity index (χ0) is 17.8. The van der Waals surface area contributed by atoms with Crippen molar-refractivity contribution in [2.24, 2.45) is 0 Å². The first-order chi connectivity index (χ1) is 12.8. The van der Waals surface area contributed by atoms with Gasteiger partial charge in [0.25, 0.3) is 5.89 Å². The van der Waals surface area contributed by atoms with Crippen LogP contribution in [-0.2, 0) is 9.47 Å². The number of rotatable bonds is 5. The molecule has 134 valence electrons. The number of pyridine rings is 1. The molecular formula is C18H17ClN4O3. The van der Waals surface area contributed by atoms with Gasteiger partial charge in [0.15, 0.2) is 0 Å². The molecule has 0 aliphatic carbocycles. The van der Waals surface area contributed by atoms with Gasteiger partial charge in [-0.2, -0.15) is 4.98 Å². The van der Waals surface area contributed by atoms with E-state index in [-0.39, 0.29) is 6.10 Å².